The van der Waals surface area contributed by atoms with Crippen LogP contribution in [-0.4, -0.2) is 36.9 Å². The maximum atomic E-state index is 13.3. The van der Waals surface area contributed by atoms with Crippen molar-refractivity contribution in [3.8, 4) is 5.75 Å². The van der Waals surface area contributed by atoms with Gasteiger partial charge in [-0.25, -0.2) is 4.39 Å². The molecule has 1 fully saturated rings. The van der Waals surface area contributed by atoms with Crippen LogP contribution in [-0.2, 0) is 9.59 Å². The average molecular weight is 368 g/mol. The third-order valence-electron chi connectivity index (χ3n) is 4.59. The predicted octanol–water partition coefficient (Wildman–Crippen LogP) is 3.56. The Balaban J connectivity index is 1.79. The van der Waals surface area contributed by atoms with Crippen molar-refractivity contribution in [2.75, 3.05) is 19.5 Å². The Hall–Kier alpha value is -3.15. The van der Waals surface area contributed by atoms with Crippen molar-refractivity contribution in [2.45, 2.75) is 18.9 Å². The van der Waals surface area contributed by atoms with E-state index in [9.17, 15) is 14.0 Å². The fourth-order valence-corrected chi connectivity index (χ4v) is 3.06. The Morgan fingerprint density at radius 2 is 1.96 bits per heavy atom. The zero-order valence-corrected chi connectivity index (χ0v) is 15.2. The Kier molecular flexibility index (Phi) is 5.54. The molecule has 0 saturated carbocycles. The molecule has 1 unspecified atom stereocenters. The van der Waals surface area contributed by atoms with Crippen molar-refractivity contribution in [3.63, 3.8) is 0 Å². The Labute approximate surface area is 157 Å². The minimum absolute atomic E-state index is 0.0334. The van der Waals surface area contributed by atoms with Gasteiger partial charge in [0.2, 0.25) is 11.8 Å². The molecule has 0 radical (unpaired) electrons. The number of nitrogens with one attached hydrogen (secondary N) is 1. The number of anilines is 1. The largest absolute Gasteiger partial charge is 0.495 e. The second-order valence-electron chi connectivity index (χ2n) is 6.40. The molecular weight excluding hydrogens is 347 g/mol. The van der Waals surface area contributed by atoms with Gasteiger partial charge in [0.1, 0.15) is 17.6 Å². The van der Waals surface area contributed by atoms with Gasteiger partial charge in [0, 0.05) is 13.5 Å². The Morgan fingerprint density at radius 1 is 1.22 bits per heavy atom. The molecule has 0 spiro atoms. The van der Waals surface area contributed by atoms with Crippen LogP contribution in [0.5, 0.6) is 5.75 Å². The second-order valence-corrected chi connectivity index (χ2v) is 6.40. The lowest BCUT2D eigenvalue weighted by atomic mass is 10.1. The molecule has 1 aliphatic rings. The molecule has 0 aromatic heterocycles. The first-order valence-corrected chi connectivity index (χ1v) is 8.66. The number of halogens is 1. The smallest absolute Gasteiger partial charge is 0.247 e. The number of ether oxygens (including phenoxy) is 1. The minimum atomic E-state index is -0.478. The summed E-state index contributed by atoms with van der Waals surface area (Å²) in [4.78, 5) is 25.7. The van der Waals surface area contributed by atoms with Crippen LogP contribution in [0.15, 0.2) is 42.5 Å². The fraction of sp³-hybridized carbons (Fsp3) is 0.238. The number of rotatable bonds is 5. The predicted molar refractivity (Wildman–Crippen MR) is 103 cm³/mol. The third-order valence-corrected chi connectivity index (χ3v) is 4.59. The van der Waals surface area contributed by atoms with E-state index in [2.05, 4.69) is 5.32 Å². The van der Waals surface area contributed by atoms with Crippen LogP contribution in [0.3, 0.4) is 0 Å². The molecule has 0 bridgehead atoms. The van der Waals surface area contributed by atoms with Gasteiger partial charge in [-0.1, -0.05) is 30.4 Å². The first kappa shape index (κ1) is 18.6. The van der Waals surface area contributed by atoms with E-state index in [0.29, 0.717) is 24.3 Å². The number of carbonyl (C=O) groups excluding carboxylic acids is 2. The Morgan fingerprint density at radius 3 is 2.59 bits per heavy atom. The van der Waals surface area contributed by atoms with Gasteiger partial charge in [-0.2, -0.15) is 0 Å². The minimum Gasteiger partial charge on any atom is -0.495 e. The van der Waals surface area contributed by atoms with E-state index in [1.807, 2.05) is 12.1 Å². The average Bonchev–Trinajstić information content (AvgIpc) is 2.99. The normalized spacial score (nSPS) is 16.8. The molecule has 2 aromatic rings. The first-order valence-electron chi connectivity index (χ1n) is 8.66. The van der Waals surface area contributed by atoms with Gasteiger partial charge in [-0.05, 0) is 41.8 Å². The second kappa shape index (κ2) is 8.03. The lowest BCUT2D eigenvalue weighted by Crippen LogP contribution is -2.38. The number of nitrogens with zero attached hydrogens (tertiary/aromatic N) is 1. The molecule has 2 amide bonds. The zero-order valence-electron chi connectivity index (χ0n) is 15.2. The number of methoxy groups -OCH3 is 1. The SMILES string of the molecule is COc1ccc(/C=C/c2cccc(F)c2)cc1NC(=O)C1CCC(=O)N1C. The molecule has 1 atom stereocenters. The summed E-state index contributed by atoms with van der Waals surface area (Å²) in [7, 11) is 3.16. The lowest BCUT2D eigenvalue weighted by molar-refractivity contribution is -0.131. The summed E-state index contributed by atoms with van der Waals surface area (Å²) in [5, 5.41) is 2.85. The van der Waals surface area contributed by atoms with Crippen LogP contribution in [0.2, 0.25) is 0 Å². The van der Waals surface area contributed by atoms with Crippen molar-refractivity contribution in [3.05, 3.63) is 59.4 Å². The molecule has 2 aromatic carbocycles. The van der Waals surface area contributed by atoms with Crippen LogP contribution in [0.4, 0.5) is 10.1 Å². The molecule has 1 aliphatic heterocycles. The molecule has 27 heavy (non-hydrogen) atoms. The van der Waals surface area contributed by atoms with Gasteiger partial charge in [-0.15, -0.1) is 0 Å². The third kappa shape index (κ3) is 4.34. The van der Waals surface area contributed by atoms with E-state index in [0.717, 1.165) is 11.1 Å². The van der Waals surface area contributed by atoms with Crippen molar-refractivity contribution < 1.29 is 18.7 Å². The lowest BCUT2D eigenvalue weighted by Gasteiger charge is -2.20. The monoisotopic (exact) mass is 368 g/mol. The fourth-order valence-electron chi connectivity index (χ4n) is 3.06. The highest BCUT2D eigenvalue weighted by molar-refractivity contribution is 6.00. The number of carbonyl (C=O) groups is 2. The van der Waals surface area contributed by atoms with Gasteiger partial charge in [-0.3, -0.25) is 9.59 Å². The van der Waals surface area contributed by atoms with Crippen molar-refractivity contribution in [1.82, 2.24) is 4.90 Å². The highest BCUT2D eigenvalue weighted by atomic mass is 19.1. The summed E-state index contributed by atoms with van der Waals surface area (Å²) in [6.45, 7) is 0. The van der Waals surface area contributed by atoms with Crippen molar-refractivity contribution in [1.29, 1.82) is 0 Å². The van der Waals surface area contributed by atoms with E-state index in [4.69, 9.17) is 4.74 Å². The summed E-state index contributed by atoms with van der Waals surface area (Å²) < 4.78 is 18.6. The first-order chi connectivity index (χ1) is 13.0. The molecule has 1 saturated heterocycles. The van der Waals surface area contributed by atoms with Crippen LogP contribution in [0.1, 0.15) is 24.0 Å². The summed E-state index contributed by atoms with van der Waals surface area (Å²) in [5.41, 5.74) is 2.09. The summed E-state index contributed by atoms with van der Waals surface area (Å²) in [5.74, 6) is -0.0462. The molecular formula is C21H21FN2O3. The van der Waals surface area contributed by atoms with Gasteiger partial charge < -0.3 is 15.0 Å². The zero-order chi connectivity index (χ0) is 19.4. The van der Waals surface area contributed by atoms with E-state index in [-0.39, 0.29) is 17.6 Å². The molecule has 140 valence electrons. The van der Waals surface area contributed by atoms with Crippen LogP contribution in [0.25, 0.3) is 12.2 Å². The summed E-state index contributed by atoms with van der Waals surface area (Å²) >= 11 is 0. The maximum absolute atomic E-state index is 13.3. The summed E-state index contributed by atoms with van der Waals surface area (Å²) in [6, 6.07) is 11.2. The van der Waals surface area contributed by atoms with Crippen LogP contribution in [0, 0.1) is 5.82 Å². The maximum Gasteiger partial charge on any atom is 0.247 e. The van der Waals surface area contributed by atoms with Gasteiger partial charge in [0.25, 0.3) is 0 Å². The quantitative estimate of drug-likeness (QED) is 0.821. The molecule has 0 aliphatic carbocycles. The van der Waals surface area contributed by atoms with Crippen LogP contribution < -0.4 is 10.1 Å². The van der Waals surface area contributed by atoms with Crippen molar-refractivity contribution in [2.24, 2.45) is 0 Å². The number of benzene rings is 2. The highest BCUT2D eigenvalue weighted by Gasteiger charge is 2.33. The molecule has 5 nitrogen and oxygen atoms in total. The molecule has 1 N–H and O–H groups in total. The van der Waals surface area contributed by atoms with E-state index < -0.39 is 6.04 Å². The van der Waals surface area contributed by atoms with Gasteiger partial charge in [0.05, 0.1) is 12.8 Å². The molecule has 1 heterocycles. The van der Waals surface area contributed by atoms with Crippen LogP contribution >= 0.6 is 0 Å². The van der Waals surface area contributed by atoms with Gasteiger partial charge in [0.15, 0.2) is 0 Å². The van der Waals surface area contributed by atoms with Crippen molar-refractivity contribution >= 4 is 29.7 Å². The summed E-state index contributed by atoms with van der Waals surface area (Å²) in [6.07, 6.45) is 4.50. The number of hydrogen-bond donors (Lipinski definition) is 1. The van der Waals surface area contributed by atoms with E-state index in [1.165, 1.54) is 24.1 Å². The number of likely N-dealkylation sites (N-methyl/N-ethyl adjacent to an activating group) is 1. The Bertz CT molecular complexity index is 895. The van der Waals surface area contributed by atoms with E-state index >= 15 is 0 Å². The number of hydrogen-bond acceptors (Lipinski definition) is 3. The topological polar surface area (TPSA) is 58.6 Å². The molecule has 6 heteroatoms. The number of likely N-dealkylation sites (tertiary alicyclic amines) is 1. The highest BCUT2D eigenvalue weighted by Crippen LogP contribution is 2.28. The number of amides is 2. The standard InChI is InChI=1S/C21H21FN2O3/c1-24-18(9-11-20(24)25)21(26)23-17-13-15(8-10-19(17)27-2)7-6-14-4-3-5-16(22)12-14/h3-8,10,12-13,18H,9,11H2,1-2H3,(H,23,26)/b7-6+. The van der Waals surface area contributed by atoms with E-state index in [1.54, 1.807) is 37.4 Å². The van der Waals surface area contributed by atoms with Gasteiger partial charge >= 0.3 is 0 Å². The molecule has 3 rings (SSSR count).